The van der Waals surface area contributed by atoms with Crippen LogP contribution in [0.25, 0.3) is 0 Å². The molecule has 1 atom stereocenters. The zero-order chi connectivity index (χ0) is 18.3. The van der Waals surface area contributed by atoms with Crippen LogP contribution in [0.5, 0.6) is 0 Å². The van der Waals surface area contributed by atoms with Crippen molar-refractivity contribution in [1.82, 2.24) is 4.72 Å². The topological polar surface area (TPSA) is 75.3 Å². The Morgan fingerprint density at radius 1 is 1.08 bits per heavy atom. The van der Waals surface area contributed by atoms with E-state index in [1.165, 1.54) is 23.9 Å². The summed E-state index contributed by atoms with van der Waals surface area (Å²) in [7, 11) is -3.53. The minimum atomic E-state index is -3.53. The number of amides is 1. The van der Waals surface area contributed by atoms with Crippen LogP contribution in [-0.2, 0) is 14.8 Å². The Kier molecular flexibility index (Phi) is 7.04. The van der Waals surface area contributed by atoms with E-state index in [2.05, 4.69) is 10.0 Å². The van der Waals surface area contributed by atoms with Crippen molar-refractivity contribution in [3.63, 3.8) is 0 Å². The van der Waals surface area contributed by atoms with Crippen LogP contribution in [0.15, 0.2) is 64.4 Å². The maximum absolute atomic E-state index is 12.2. The van der Waals surface area contributed by atoms with Gasteiger partial charge in [0.2, 0.25) is 15.9 Å². The lowest BCUT2D eigenvalue weighted by molar-refractivity contribution is -0.113. The lowest BCUT2D eigenvalue weighted by Crippen LogP contribution is -2.31. The lowest BCUT2D eigenvalue weighted by Gasteiger charge is -2.12. The highest BCUT2D eigenvalue weighted by molar-refractivity contribution is 8.00. The average molecular weight is 379 g/mol. The molecule has 2 aromatic rings. The summed E-state index contributed by atoms with van der Waals surface area (Å²) in [5.74, 6) is 0.154. The van der Waals surface area contributed by atoms with E-state index in [4.69, 9.17) is 0 Å². The summed E-state index contributed by atoms with van der Waals surface area (Å²) < 4.78 is 27.0. The zero-order valence-corrected chi connectivity index (χ0v) is 15.9. The molecule has 25 heavy (non-hydrogen) atoms. The first kappa shape index (κ1) is 19.5. The second kappa shape index (κ2) is 9.03. The van der Waals surface area contributed by atoms with E-state index in [0.717, 1.165) is 4.90 Å². The van der Waals surface area contributed by atoms with Crippen molar-refractivity contribution >= 4 is 33.4 Å². The molecule has 2 aromatic carbocycles. The maximum Gasteiger partial charge on any atom is 0.240 e. The summed E-state index contributed by atoms with van der Waals surface area (Å²) in [6.45, 7) is 3.73. The number of thioether (sulfide) groups is 1. The van der Waals surface area contributed by atoms with Gasteiger partial charge in [0.1, 0.15) is 0 Å². The molecule has 1 amide bonds. The quantitative estimate of drug-likeness (QED) is 0.690. The third kappa shape index (κ3) is 6.19. The highest BCUT2D eigenvalue weighted by Crippen LogP contribution is 2.18. The number of hydrogen-bond acceptors (Lipinski definition) is 4. The van der Waals surface area contributed by atoms with Crippen LogP contribution < -0.4 is 10.0 Å². The number of rotatable bonds is 8. The Morgan fingerprint density at radius 3 is 2.32 bits per heavy atom. The number of hydrogen-bond donors (Lipinski definition) is 2. The summed E-state index contributed by atoms with van der Waals surface area (Å²) in [5, 5.41) is 2.77. The second-order valence-electron chi connectivity index (χ2n) is 5.60. The molecular formula is C18H22N2O3S2. The van der Waals surface area contributed by atoms with E-state index >= 15 is 0 Å². The molecule has 0 aliphatic heterocycles. The molecule has 0 aliphatic rings. The van der Waals surface area contributed by atoms with Gasteiger partial charge in [0.15, 0.2) is 0 Å². The number of carbonyl (C=O) groups is 1. The molecule has 0 unspecified atom stereocenters. The molecule has 0 saturated heterocycles. The highest BCUT2D eigenvalue weighted by Gasteiger charge is 2.16. The summed E-state index contributed by atoms with van der Waals surface area (Å²) in [6, 6.07) is 15.7. The number of carbonyl (C=O) groups excluding carboxylic acids is 1. The van der Waals surface area contributed by atoms with Gasteiger partial charge in [0.25, 0.3) is 0 Å². The number of sulfonamides is 1. The molecule has 7 heteroatoms. The van der Waals surface area contributed by atoms with Gasteiger partial charge < -0.3 is 5.32 Å². The number of nitrogens with one attached hydrogen (secondary N) is 2. The third-order valence-corrected chi connectivity index (χ3v) is 6.15. The first-order valence-electron chi connectivity index (χ1n) is 8.01. The minimum Gasteiger partial charge on any atom is -0.325 e. The normalized spacial score (nSPS) is 12.6. The molecule has 5 nitrogen and oxygen atoms in total. The molecule has 0 aromatic heterocycles. The van der Waals surface area contributed by atoms with Crippen LogP contribution >= 0.6 is 11.8 Å². The van der Waals surface area contributed by atoms with E-state index < -0.39 is 10.0 Å². The van der Waals surface area contributed by atoms with Crippen molar-refractivity contribution in [2.75, 3.05) is 11.1 Å². The largest absolute Gasteiger partial charge is 0.325 e. The first-order valence-corrected chi connectivity index (χ1v) is 10.5. The van der Waals surface area contributed by atoms with Crippen LogP contribution in [0.2, 0.25) is 0 Å². The van der Waals surface area contributed by atoms with Crippen LogP contribution in [0.4, 0.5) is 5.69 Å². The van der Waals surface area contributed by atoms with E-state index in [1.54, 1.807) is 12.1 Å². The van der Waals surface area contributed by atoms with Gasteiger partial charge in [-0.3, -0.25) is 4.79 Å². The van der Waals surface area contributed by atoms with Crippen LogP contribution in [-0.4, -0.2) is 26.1 Å². The van der Waals surface area contributed by atoms with E-state index in [-0.39, 0.29) is 16.8 Å². The predicted octanol–water partition coefficient (Wildman–Crippen LogP) is 3.49. The van der Waals surface area contributed by atoms with Gasteiger partial charge in [-0.1, -0.05) is 25.1 Å². The average Bonchev–Trinajstić information content (AvgIpc) is 2.61. The predicted molar refractivity (Wildman–Crippen MR) is 102 cm³/mol. The molecule has 0 saturated carbocycles. The molecule has 0 heterocycles. The molecular weight excluding hydrogens is 356 g/mol. The molecule has 134 valence electrons. The van der Waals surface area contributed by atoms with E-state index in [9.17, 15) is 13.2 Å². The van der Waals surface area contributed by atoms with E-state index in [0.29, 0.717) is 17.9 Å². The van der Waals surface area contributed by atoms with Crippen LogP contribution in [0.3, 0.4) is 0 Å². The lowest BCUT2D eigenvalue weighted by atomic mass is 10.3. The molecule has 0 spiro atoms. The first-order chi connectivity index (χ1) is 11.9. The van der Waals surface area contributed by atoms with Gasteiger partial charge in [-0.15, -0.1) is 11.8 Å². The molecule has 2 N–H and O–H groups in total. The fraction of sp³-hybridized carbons (Fsp3) is 0.278. The zero-order valence-electron chi connectivity index (χ0n) is 14.2. The van der Waals surface area contributed by atoms with Gasteiger partial charge in [-0.2, -0.15) is 0 Å². The van der Waals surface area contributed by atoms with Crippen LogP contribution in [0, 0.1) is 0 Å². The monoisotopic (exact) mass is 378 g/mol. The fourth-order valence-electron chi connectivity index (χ4n) is 2.00. The molecule has 2 rings (SSSR count). The Hall–Kier alpha value is -1.83. The summed E-state index contributed by atoms with van der Waals surface area (Å²) in [6.07, 6.45) is 0.715. The highest BCUT2D eigenvalue weighted by atomic mass is 32.2. The van der Waals surface area contributed by atoms with Crippen LogP contribution in [0.1, 0.15) is 20.3 Å². The maximum atomic E-state index is 12.2. The Morgan fingerprint density at radius 2 is 1.72 bits per heavy atom. The van der Waals surface area contributed by atoms with Crippen molar-refractivity contribution in [2.45, 2.75) is 36.1 Å². The van der Waals surface area contributed by atoms with E-state index in [1.807, 2.05) is 44.2 Å². The van der Waals surface area contributed by atoms with Gasteiger partial charge >= 0.3 is 0 Å². The van der Waals surface area contributed by atoms with Gasteiger partial charge in [0.05, 0.1) is 10.6 Å². The minimum absolute atomic E-state index is 0.126. The molecule has 0 bridgehead atoms. The summed E-state index contributed by atoms with van der Waals surface area (Å²) in [5.41, 5.74) is 0.571. The van der Waals surface area contributed by atoms with Crippen molar-refractivity contribution in [1.29, 1.82) is 0 Å². The number of benzene rings is 2. The smallest absolute Gasteiger partial charge is 0.240 e. The molecule has 0 radical (unpaired) electrons. The van der Waals surface area contributed by atoms with Crippen molar-refractivity contribution in [3.8, 4) is 0 Å². The van der Waals surface area contributed by atoms with Gasteiger partial charge in [0, 0.05) is 16.6 Å². The Bertz CT molecular complexity index is 791. The van der Waals surface area contributed by atoms with Crippen molar-refractivity contribution in [2.24, 2.45) is 0 Å². The fourth-order valence-corrected chi connectivity index (χ4v) is 4.04. The third-order valence-electron chi connectivity index (χ3n) is 3.53. The standard InChI is InChI=1S/C18H22N2O3S2/c1-3-14(2)20-25(22,23)17-11-9-15(10-12-17)19-18(21)13-24-16-7-5-4-6-8-16/h4-12,14,20H,3,13H2,1-2H3,(H,19,21)/t14-/m0/s1. The Labute approximate surface area is 153 Å². The second-order valence-corrected chi connectivity index (χ2v) is 8.37. The van der Waals surface area contributed by atoms with Crippen molar-refractivity contribution in [3.05, 3.63) is 54.6 Å². The number of anilines is 1. The van der Waals surface area contributed by atoms with Gasteiger partial charge in [-0.05, 0) is 49.7 Å². The van der Waals surface area contributed by atoms with Crippen molar-refractivity contribution < 1.29 is 13.2 Å². The summed E-state index contributed by atoms with van der Waals surface area (Å²) in [4.78, 5) is 13.2. The molecule has 0 aliphatic carbocycles. The molecule has 0 fully saturated rings. The summed E-state index contributed by atoms with van der Waals surface area (Å²) >= 11 is 1.45. The Balaban J connectivity index is 1.92. The van der Waals surface area contributed by atoms with Gasteiger partial charge in [-0.25, -0.2) is 13.1 Å². The SMILES string of the molecule is CC[C@H](C)NS(=O)(=O)c1ccc(NC(=O)CSc2ccccc2)cc1.